The smallest absolute Gasteiger partial charge is 0.326 e. The number of carboxylic acid groups (broad SMARTS) is 1. The molecule has 0 aromatic rings. The first kappa shape index (κ1) is 15.7. The van der Waals surface area contributed by atoms with Gasteiger partial charge in [-0.3, -0.25) is 0 Å². The van der Waals surface area contributed by atoms with Gasteiger partial charge < -0.3 is 25.0 Å². The molecule has 110 valence electrons. The lowest BCUT2D eigenvalue weighted by molar-refractivity contribution is -0.141. The lowest BCUT2D eigenvalue weighted by Gasteiger charge is -2.21. The summed E-state index contributed by atoms with van der Waals surface area (Å²) in [6.45, 7) is 1.74. The lowest BCUT2D eigenvalue weighted by Crippen LogP contribution is -2.46. The summed E-state index contributed by atoms with van der Waals surface area (Å²) >= 11 is 0. The zero-order valence-corrected chi connectivity index (χ0v) is 11.8. The number of carbonyl (C=O) groups excluding carboxylic acids is 1. The van der Waals surface area contributed by atoms with E-state index in [1.807, 2.05) is 19.0 Å². The van der Waals surface area contributed by atoms with Crippen LogP contribution in [-0.4, -0.2) is 79.9 Å². The molecule has 0 bridgehead atoms. The maximum absolute atomic E-state index is 11.9. The highest BCUT2D eigenvalue weighted by molar-refractivity contribution is 5.83. The second kappa shape index (κ2) is 7.30. The molecule has 0 aromatic carbocycles. The third-order valence-electron chi connectivity index (χ3n) is 3.20. The van der Waals surface area contributed by atoms with Gasteiger partial charge in [0.25, 0.3) is 0 Å². The first-order valence-corrected chi connectivity index (χ1v) is 6.40. The highest BCUT2D eigenvalue weighted by Crippen LogP contribution is 2.20. The van der Waals surface area contributed by atoms with Crippen molar-refractivity contribution in [2.45, 2.75) is 25.0 Å². The second-order valence-electron chi connectivity index (χ2n) is 4.99. The van der Waals surface area contributed by atoms with Gasteiger partial charge in [-0.2, -0.15) is 0 Å². The van der Waals surface area contributed by atoms with Crippen molar-refractivity contribution in [2.75, 3.05) is 40.8 Å². The van der Waals surface area contributed by atoms with Gasteiger partial charge in [-0.05, 0) is 27.1 Å². The van der Waals surface area contributed by atoms with Crippen molar-refractivity contribution in [1.29, 1.82) is 0 Å². The predicted molar refractivity (Wildman–Crippen MR) is 70.1 cm³/mol. The Labute approximate surface area is 113 Å². The standard InChI is InChI=1S/C12H23N3O4/c1-14(2)6-4-5-13-12(18)15-8-9(19-3)7-10(15)11(16)17/h9-10H,4-8H2,1-3H3,(H,13,18)(H,16,17). The summed E-state index contributed by atoms with van der Waals surface area (Å²) in [5.41, 5.74) is 0. The number of ether oxygens (including phenoxy) is 1. The molecule has 2 amide bonds. The van der Waals surface area contributed by atoms with Gasteiger partial charge in [0, 0.05) is 26.6 Å². The molecule has 0 aliphatic carbocycles. The molecule has 7 heteroatoms. The Hall–Kier alpha value is -1.34. The highest BCUT2D eigenvalue weighted by atomic mass is 16.5. The van der Waals surface area contributed by atoms with Gasteiger partial charge in [0.1, 0.15) is 6.04 Å². The molecule has 0 spiro atoms. The van der Waals surface area contributed by atoms with Crippen LogP contribution in [0.15, 0.2) is 0 Å². The molecule has 1 fully saturated rings. The maximum atomic E-state index is 11.9. The van der Waals surface area contributed by atoms with Crippen molar-refractivity contribution < 1.29 is 19.4 Å². The topological polar surface area (TPSA) is 82.1 Å². The predicted octanol–water partition coefficient (Wildman–Crippen LogP) is -0.178. The number of nitrogens with zero attached hydrogens (tertiary/aromatic N) is 2. The van der Waals surface area contributed by atoms with E-state index >= 15 is 0 Å². The van der Waals surface area contributed by atoms with Gasteiger partial charge in [-0.1, -0.05) is 0 Å². The molecule has 1 aliphatic rings. The van der Waals surface area contributed by atoms with E-state index in [2.05, 4.69) is 5.32 Å². The van der Waals surface area contributed by atoms with E-state index in [9.17, 15) is 9.59 Å². The van der Waals surface area contributed by atoms with Gasteiger partial charge in [-0.25, -0.2) is 9.59 Å². The Morgan fingerprint density at radius 3 is 2.68 bits per heavy atom. The van der Waals surface area contributed by atoms with E-state index in [0.717, 1.165) is 13.0 Å². The van der Waals surface area contributed by atoms with Crippen LogP contribution in [0, 0.1) is 0 Å². The highest BCUT2D eigenvalue weighted by Gasteiger charge is 2.39. The number of methoxy groups -OCH3 is 1. The van der Waals surface area contributed by atoms with Crippen molar-refractivity contribution in [1.82, 2.24) is 15.1 Å². The monoisotopic (exact) mass is 273 g/mol. The molecule has 0 aromatic heterocycles. The number of likely N-dealkylation sites (tertiary alicyclic amines) is 1. The first-order valence-electron chi connectivity index (χ1n) is 6.40. The fourth-order valence-corrected chi connectivity index (χ4v) is 2.12. The molecule has 0 radical (unpaired) electrons. The van der Waals surface area contributed by atoms with Gasteiger partial charge in [0.15, 0.2) is 0 Å². The van der Waals surface area contributed by atoms with Crippen LogP contribution in [0.4, 0.5) is 4.79 Å². The van der Waals surface area contributed by atoms with Crippen molar-refractivity contribution in [2.24, 2.45) is 0 Å². The van der Waals surface area contributed by atoms with Crippen LogP contribution < -0.4 is 5.32 Å². The third kappa shape index (κ3) is 4.68. The van der Waals surface area contributed by atoms with Crippen molar-refractivity contribution >= 4 is 12.0 Å². The van der Waals surface area contributed by atoms with Gasteiger partial charge in [0.2, 0.25) is 0 Å². The molecule has 7 nitrogen and oxygen atoms in total. The number of nitrogens with one attached hydrogen (secondary N) is 1. The van der Waals surface area contributed by atoms with Crippen molar-refractivity contribution in [3.63, 3.8) is 0 Å². The zero-order chi connectivity index (χ0) is 14.4. The Bertz CT molecular complexity index is 322. The molecule has 2 atom stereocenters. The molecule has 2 N–H and O–H groups in total. The molecule has 2 unspecified atom stereocenters. The average Bonchev–Trinajstić information content (AvgIpc) is 2.78. The molecule has 1 saturated heterocycles. The fourth-order valence-electron chi connectivity index (χ4n) is 2.12. The van der Waals surface area contributed by atoms with Gasteiger partial charge in [-0.15, -0.1) is 0 Å². The van der Waals surface area contributed by atoms with Gasteiger partial charge >= 0.3 is 12.0 Å². The normalized spacial score (nSPS) is 22.8. The lowest BCUT2D eigenvalue weighted by atomic mass is 10.2. The van der Waals surface area contributed by atoms with Crippen LogP contribution in [0.1, 0.15) is 12.8 Å². The number of carboxylic acids is 1. The molecule has 1 rings (SSSR count). The van der Waals surface area contributed by atoms with Crippen LogP contribution >= 0.6 is 0 Å². The van der Waals surface area contributed by atoms with Crippen LogP contribution in [0.3, 0.4) is 0 Å². The summed E-state index contributed by atoms with van der Waals surface area (Å²) in [5, 5.41) is 11.9. The maximum Gasteiger partial charge on any atom is 0.326 e. The van der Waals surface area contributed by atoms with E-state index in [0.29, 0.717) is 19.5 Å². The SMILES string of the molecule is COC1CC(C(=O)O)N(C(=O)NCCCN(C)C)C1. The fraction of sp³-hybridized carbons (Fsp3) is 0.833. The number of hydrogen-bond donors (Lipinski definition) is 2. The molecule has 0 saturated carbocycles. The summed E-state index contributed by atoms with van der Waals surface area (Å²) in [6, 6.07) is -1.12. The third-order valence-corrected chi connectivity index (χ3v) is 3.20. The quantitative estimate of drug-likeness (QED) is 0.656. The van der Waals surface area contributed by atoms with Crippen molar-refractivity contribution in [3.8, 4) is 0 Å². The number of hydrogen-bond acceptors (Lipinski definition) is 4. The summed E-state index contributed by atoms with van der Waals surface area (Å²) in [6.07, 6.45) is 0.975. The largest absolute Gasteiger partial charge is 0.480 e. The van der Waals surface area contributed by atoms with E-state index in [1.54, 1.807) is 0 Å². The summed E-state index contributed by atoms with van der Waals surface area (Å²) in [7, 11) is 5.46. The number of urea groups is 1. The van der Waals surface area contributed by atoms with Gasteiger partial charge in [0.05, 0.1) is 6.10 Å². The zero-order valence-electron chi connectivity index (χ0n) is 11.8. The van der Waals surface area contributed by atoms with Crippen LogP contribution in [0.5, 0.6) is 0 Å². The Kier molecular flexibility index (Phi) is 6.04. The van der Waals surface area contributed by atoms with E-state index < -0.39 is 12.0 Å². The summed E-state index contributed by atoms with van der Waals surface area (Å²) in [5.74, 6) is -0.983. The van der Waals surface area contributed by atoms with E-state index in [4.69, 9.17) is 9.84 Å². The number of rotatable bonds is 6. The number of aliphatic carboxylic acids is 1. The summed E-state index contributed by atoms with van der Waals surface area (Å²) < 4.78 is 5.14. The van der Waals surface area contributed by atoms with Crippen LogP contribution in [0.25, 0.3) is 0 Å². The first-order chi connectivity index (χ1) is 8.95. The molecular weight excluding hydrogens is 250 g/mol. The Morgan fingerprint density at radius 1 is 1.47 bits per heavy atom. The van der Waals surface area contributed by atoms with Crippen LogP contribution in [0.2, 0.25) is 0 Å². The minimum Gasteiger partial charge on any atom is -0.480 e. The average molecular weight is 273 g/mol. The van der Waals surface area contributed by atoms with E-state index in [-0.39, 0.29) is 12.1 Å². The molecule has 19 heavy (non-hydrogen) atoms. The van der Waals surface area contributed by atoms with Crippen LogP contribution in [-0.2, 0) is 9.53 Å². The second-order valence-corrected chi connectivity index (χ2v) is 4.99. The minimum atomic E-state index is -0.983. The minimum absolute atomic E-state index is 0.200. The molecule has 1 aliphatic heterocycles. The number of carbonyl (C=O) groups is 2. The van der Waals surface area contributed by atoms with Crippen molar-refractivity contribution in [3.05, 3.63) is 0 Å². The van der Waals surface area contributed by atoms with E-state index in [1.165, 1.54) is 12.0 Å². The molecular formula is C12H23N3O4. The Balaban J connectivity index is 2.43. The Morgan fingerprint density at radius 2 is 2.16 bits per heavy atom. The summed E-state index contributed by atoms with van der Waals surface area (Å²) in [4.78, 5) is 26.4. The number of amides is 2. The molecule has 1 heterocycles.